The molecule has 0 radical (unpaired) electrons. The van der Waals surface area contributed by atoms with E-state index in [0.29, 0.717) is 0 Å². The molecule has 1 aliphatic rings. The van der Waals surface area contributed by atoms with Crippen LogP contribution in [0.25, 0.3) is 10.4 Å². The minimum Gasteiger partial charge on any atom is -0.465 e. The van der Waals surface area contributed by atoms with Gasteiger partial charge in [0.05, 0.1) is 31.5 Å². The lowest BCUT2D eigenvalue weighted by molar-refractivity contribution is -0.230. The topological polar surface area (TPSA) is 188 Å². The number of carbonyl (C=O) groups is 3. The van der Waals surface area contributed by atoms with Crippen LogP contribution >= 0.6 is 0 Å². The second-order valence-corrected chi connectivity index (χ2v) is 6.28. The van der Waals surface area contributed by atoms with Crippen LogP contribution in [0.4, 0.5) is 0 Å². The zero-order chi connectivity index (χ0) is 20.8. The van der Waals surface area contributed by atoms with Crippen molar-refractivity contribution < 1.29 is 43.9 Å². The van der Waals surface area contributed by atoms with Gasteiger partial charge in [-0.2, -0.15) is 0 Å². The molecule has 0 heterocycles. The first-order valence-electron chi connectivity index (χ1n) is 8.07. The van der Waals surface area contributed by atoms with Gasteiger partial charge < -0.3 is 29.5 Å². The van der Waals surface area contributed by atoms with Crippen LogP contribution in [-0.4, -0.2) is 76.9 Å². The number of rotatable bonds is 7. The molecular weight excluding hydrogens is 366 g/mol. The zero-order valence-corrected chi connectivity index (χ0v) is 15.1. The number of ether oxygens (including phenoxy) is 3. The molecule has 6 atom stereocenters. The number of aliphatic hydroxyl groups excluding tert-OH is 2. The van der Waals surface area contributed by atoms with Crippen LogP contribution in [0.15, 0.2) is 5.11 Å². The smallest absolute Gasteiger partial charge is 0.302 e. The highest BCUT2D eigenvalue weighted by molar-refractivity contribution is 5.66. The van der Waals surface area contributed by atoms with E-state index in [1.807, 2.05) is 0 Å². The molecular formula is C15H23N3O9. The van der Waals surface area contributed by atoms with Crippen molar-refractivity contribution >= 4 is 17.9 Å². The number of hydrogen-bond donors (Lipinski definition) is 3. The fourth-order valence-electron chi connectivity index (χ4n) is 3.07. The standard InChI is InChI=1S/C15H23N3O9/c1-7(19)25-4-10-11(5-26-8(2)20)15(24,6-27-9(3)21)14(23)12(13(10)22)17-18-16/h10-14,22-24H,4-6H2,1-3H3/t10-,11+,12+,13-,14-,15+/m0/s1. The van der Waals surface area contributed by atoms with Crippen molar-refractivity contribution in [1.29, 1.82) is 0 Å². The summed E-state index contributed by atoms with van der Waals surface area (Å²) in [5, 5.41) is 35.4. The average molecular weight is 389 g/mol. The lowest BCUT2D eigenvalue weighted by Gasteiger charge is -2.50. The lowest BCUT2D eigenvalue weighted by atomic mass is 9.64. The van der Waals surface area contributed by atoms with Gasteiger partial charge in [0, 0.05) is 37.5 Å². The van der Waals surface area contributed by atoms with E-state index < -0.39 is 73.4 Å². The maximum Gasteiger partial charge on any atom is 0.302 e. The zero-order valence-electron chi connectivity index (χ0n) is 15.1. The molecule has 0 aromatic carbocycles. The Morgan fingerprint density at radius 3 is 2.04 bits per heavy atom. The number of nitrogens with zero attached hydrogens (tertiary/aromatic N) is 3. The summed E-state index contributed by atoms with van der Waals surface area (Å²) in [5.74, 6) is -4.42. The van der Waals surface area contributed by atoms with Crippen molar-refractivity contribution in [1.82, 2.24) is 0 Å². The summed E-state index contributed by atoms with van der Waals surface area (Å²) in [6.07, 6.45) is -3.38. The molecule has 0 unspecified atom stereocenters. The van der Waals surface area contributed by atoms with Crippen LogP contribution in [0.5, 0.6) is 0 Å². The molecule has 0 spiro atoms. The highest BCUT2D eigenvalue weighted by Crippen LogP contribution is 2.41. The van der Waals surface area contributed by atoms with Crippen LogP contribution in [0.2, 0.25) is 0 Å². The van der Waals surface area contributed by atoms with Gasteiger partial charge in [-0.05, 0) is 5.53 Å². The van der Waals surface area contributed by atoms with Crippen LogP contribution in [0.3, 0.4) is 0 Å². The fraction of sp³-hybridized carbons (Fsp3) is 0.800. The van der Waals surface area contributed by atoms with Crippen molar-refractivity contribution in [2.24, 2.45) is 17.0 Å². The Balaban J connectivity index is 3.34. The molecule has 0 saturated heterocycles. The van der Waals surface area contributed by atoms with Gasteiger partial charge in [-0.25, -0.2) is 0 Å². The second kappa shape index (κ2) is 9.51. The summed E-state index contributed by atoms with van der Waals surface area (Å²) in [7, 11) is 0. The summed E-state index contributed by atoms with van der Waals surface area (Å²) in [6, 6.07) is -1.52. The molecule has 1 saturated carbocycles. The summed E-state index contributed by atoms with van der Waals surface area (Å²) in [4.78, 5) is 36.1. The van der Waals surface area contributed by atoms with Gasteiger partial charge in [0.25, 0.3) is 0 Å². The van der Waals surface area contributed by atoms with Gasteiger partial charge >= 0.3 is 17.9 Å². The monoisotopic (exact) mass is 389 g/mol. The number of azide groups is 1. The van der Waals surface area contributed by atoms with Crippen molar-refractivity contribution in [3.63, 3.8) is 0 Å². The summed E-state index contributed by atoms with van der Waals surface area (Å²) in [6.45, 7) is 1.70. The SMILES string of the molecule is CC(=O)OC[C@@H]1[C@H](O)[C@@H](N=[N+]=[N-])[C@H](O)[C@@](O)(COC(C)=O)[C@@H]1COC(C)=O. The van der Waals surface area contributed by atoms with E-state index in [9.17, 15) is 29.7 Å². The van der Waals surface area contributed by atoms with E-state index in [1.165, 1.54) is 0 Å². The van der Waals surface area contributed by atoms with Gasteiger partial charge in [0.2, 0.25) is 0 Å². The molecule has 0 bridgehead atoms. The number of carbonyl (C=O) groups excluding carboxylic acids is 3. The minimum atomic E-state index is -2.25. The molecule has 0 aromatic rings. The molecule has 3 N–H and O–H groups in total. The summed E-state index contributed by atoms with van der Waals surface area (Å²) in [5.41, 5.74) is 6.46. The molecule has 1 fully saturated rings. The van der Waals surface area contributed by atoms with Crippen LogP contribution in [0.1, 0.15) is 20.8 Å². The van der Waals surface area contributed by atoms with E-state index in [2.05, 4.69) is 10.0 Å². The fourth-order valence-corrected chi connectivity index (χ4v) is 3.07. The Labute approximate surface area is 154 Å². The van der Waals surface area contributed by atoms with Gasteiger partial charge in [-0.3, -0.25) is 14.4 Å². The van der Waals surface area contributed by atoms with E-state index in [-0.39, 0.29) is 0 Å². The highest BCUT2D eigenvalue weighted by atomic mass is 16.6. The number of hydrogen-bond acceptors (Lipinski definition) is 10. The molecule has 27 heavy (non-hydrogen) atoms. The van der Waals surface area contributed by atoms with Crippen molar-refractivity contribution in [2.75, 3.05) is 19.8 Å². The number of esters is 3. The molecule has 12 heteroatoms. The Bertz CT molecular complexity index is 622. The molecule has 0 aliphatic heterocycles. The van der Waals surface area contributed by atoms with Crippen LogP contribution in [-0.2, 0) is 28.6 Å². The maximum atomic E-state index is 11.2. The molecule has 1 aliphatic carbocycles. The first-order chi connectivity index (χ1) is 12.5. The second-order valence-electron chi connectivity index (χ2n) is 6.28. The Kier molecular flexibility index (Phi) is 7.98. The third-order valence-electron chi connectivity index (χ3n) is 4.42. The molecule has 0 aromatic heterocycles. The first-order valence-corrected chi connectivity index (χ1v) is 8.07. The largest absolute Gasteiger partial charge is 0.465 e. The lowest BCUT2D eigenvalue weighted by Crippen LogP contribution is -2.69. The normalized spacial score (nSPS) is 32.7. The molecule has 0 amide bonds. The molecule has 12 nitrogen and oxygen atoms in total. The number of aliphatic hydroxyl groups is 3. The first kappa shape index (κ1) is 22.6. The maximum absolute atomic E-state index is 11.2. The Morgan fingerprint density at radius 1 is 1.04 bits per heavy atom. The van der Waals surface area contributed by atoms with Crippen LogP contribution < -0.4 is 0 Å². The van der Waals surface area contributed by atoms with Crippen molar-refractivity contribution in [3.8, 4) is 0 Å². The van der Waals surface area contributed by atoms with Crippen molar-refractivity contribution in [3.05, 3.63) is 10.4 Å². The Hall–Kier alpha value is -2.40. The summed E-state index contributed by atoms with van der Waals surface area (Å²) >= 11 is 0. The van der Waals surface area contributed by atoms with Gasteiger partial charge in [-0.15, -0.1) is 0 Å². The third kappa shape index (κ3) is 5.54. The van der Waals surface area contributed by atoms with E-state index in [4.69, 9.17) is 19.7 Å². The van der Waals surface area contributed by atoms with Gasteiger partial charge in [-0.1, -0.05) is 5.11 Å². The Morgan fingerprint density at radius 2 is 1.56 bits per heavy atom. The van der Waals surface area contributed by atoms with Crippen molar-refractivity contribution in [2.45, 2.75) is 44.6 Å². The molecule has 152 valence electrons. The van der Waals surface area contributed by atoms with E-state index >= 15 is 0 Å². The summed E-state index contributed by atoms with van der Waals surface area (Å²) < 4.78 is 14.6. The predicted octanol–water partition coefficient (Wildman–Crippen LogP) is -0.946. The van der Waals surface area contributed by atoms with E-state index in [1.54, 1.807) is 0 Å². The van der Waals surface area contributed by atoms with Crippen LogP contribution in [0, 0.1) is 11.8 Å². The third-order valence-corrected chi connectivity index (χ3v) is 4.42. The van der Waals surface area contributed by atoms with Gasteiger partial charge in [0.15, 0.2) is 0 Å². The highest BCUT2D eigenvalue weighted by Gasteiger charge is 2.59. The van der Waals surface area contributed by atoms with Gasteiger partial charge in [0.1, 0.15) is 12.2 Å². The van der Waals surface area contributed by atoms with E-state index in [0.717, 1.165) is 20.8 Å². The quantitative estimate of drug-likeness (QED) is 0.162. The average Bonchev–Trinajstić information content (AvgIpc) is 2.57. The molecule has 1 rings (SSSR count). The minimum absolute atomic E-state index is 0.422. The predicted molar refractivity (Wildman–Crippen MR) is 86.8 cm³/mol.